The Bertz CT molecular complexity index is 1700. The first-order valence-corrected chi connectivity index (χ1v) is 13.1. The van der Waals surface area contributed by atoms with Crippen molar-refractivity contribution < 1.29 is 9.13 Å². The van der Waals surface area contributed by atoms with Crippen LogP contribution in [0.3, 0.4) is 0 Å². The van der Waals surface area contributed by atoms with E-state index in [2.05, 4.69) is 63.0 Å². The van der Waals surface area contributed by atoms with E-state index in [4.69, 9.17) is 10.5 Å². The van der Waals surface area contributed by atoms with Gasteiger partial charge in [0, 0.05) is 32.4 Å². The average molecular weight is 527 g/mol. The van der Waals surface area contributed by atoms with Crippen molar-refractivity contribution in [2.24, 2.45) is 0 Å². The molecule has 200 valence electrons. The number of rotatable bonds is 6. The van der Waals surface area contributed by atoms with E-state index in [-0.39, 0.29) is 28.8 Å². The van der Waals surface area contributed by atoms with Gasteiger partial charge in [0.25, 0.3) is 5.56 Å². The third-order valence-electron chi connectivity index (χ3n) is 7.46. The largest absolute Gasteiger partial charge is 0.397 e. The first kappa shape index (κ1) is 25.1. The summed E-state index contributed by atoms with van der Waals surface area (Å²) in [4.78, 5) is 28.1. The van der Waals surface area contributed by atoms with E-state index in [0.717, 1.165) is 30.8 Å². The first-order valence-electron chi connectivity index (χ1n) is 13.1. The standard InChI is InChI=1S/C30H31FN6O2/c1-18-14-37(15-19-7-4-3-5-8-19)21(17-39-18)16-36(2)20-11-12-23-25(13-20)34-29(33-23)27-28(32)26-22(31)9-6-10-24(26)35-30(27)38/h3-13,18,21H,14-17H2,1-2H3,(H,33,34)(H3,32,35,38). The normalized spacial score (nSPS) is 18.1. The Morgan fingerprint density at radius 2 is 1.92 bits per heavy atom. The Hall–Kier alpha value is -4.21. The number of benzene rings is 3. The zero-order valence-electron chi connectivity index (χ0n) is 21.9. The number of anilines is 2. The number of H-pyrrole nitrogens is 2. The minimum atomic E-state index is -0.495. The predicted octanol–water partition coefficient (Wildman–Crippen LogP) is 4.52. The highest BCUT2D eigenvalue weighted by Crippen LogP contribution is 2.31. The van der Waals surface area contributed by atoms with Crippen LogP contribution in [0.15, 0.2) is 71.5 Å². The van der Waals surface area contributed by atoms with Crippen molar-refractivity contribution in [3.8, 4) is 11.4 Å². The average Bonchev–Trinajstić information content (AvgIpc) is 3.33. The SMILES string of the molecule is CC1CN(Cc2ccccc2)C(CN(C)c2ccc3nc(-c4c(N)c5c(F)cccc5[nH]c4=O)[nH]c3c2)CO1. The predicted molar refractivity (Wildman–Crippen MR) is 153 cm³/mol. The van der Waals surface area contributed by atoms with Crippen LogP contribution in [0.2, 0.25) is 0 Å². The molecule has 0 amide bonds. The van der Waals surface area contributed by atoms with Crippen LogP contribution in [-0.4, -0.2) is 58.7 Å². The van der Waals surface area contributed by atoms with Gasteiger partial charge < -0.3 is 25.3 Å². The van der Waals surface area contributed by atoms with Gasteiger partial charge in [0.1, 0.15) is 17.2 Å². The number of morpholine rings is 1. The van der Waals surface area contributed by atoms with Crippen molar-refractivity contribution in [2.75, 3.05) is 37.4 Å². The molecule has 39 heavy (non-hydrogen) atoms. The fourth-order valence-electron chi connectivity index (χ4n) is 5.44. The minimum Gasteiger partial charge on any atom is -0.397 e. The summed E-state index contributed by atoms with van der Waals surface area (Å²) in [7, 11) is 2.06. The highest BCUT2D eigenvalue weighted by Gasteiger charge is 2.28. The summed E-state index contributed by atoms with van der Waals surface area (Å²) >= 11 is 0. The maximum absolute atomic E-state index is 14.5. The zero-order valence-corrected chi connectivity index (χ0v) is 21.9. The van der Waals surface area contributed by atoms with E-state index < -0.39 is 11.4 Å². The number of nitrogens with zero attached hydrogens (tertiary/aromatic N) is 3. The van der Waals surface area contributed by atoms with Crippen molar-refractivity contribution in [1.82, 2.24) is 19.9 Å². The lowest BCUT2D eigenvalue weighted by molar-refractivity contribution is -0.0556. The number of nitrogens with two attached hydrogens (primary N) is 1. The number of imidazole rings is 1. The number of nitrogen functional groups attached to an aromatic ring is 1. The van der Waals surface area contributed by atoms with E-state index in [9.17, 15) is 9.18 Å². The van der Waals surface area contributed by atoms with Crippen molar-refractivity contribution in [2.45, 2.75) is 25.6 Å². The minimum absolute atomic E-state index is 0.0632. The van der Waals surface area contributed by atoms with Crippen molar-refractivity contribution in [3.05, 3.63) is 88.5 Å². The van der Waals surface area contributed by atoms with Crippen LogP contribution >= 0.6 is 0 Å². The molecule has 6 rings (SSSR count). The second-order valence-electron chi connectivity index (χ2n) is 10.3. The number of likely N-dealkylation sites (N-methyl/N-ethyl adjacent to an activating group) is 1. The Kier molecular flexibility index (Phi) is 6.54. The summed E-state index contributed by atoms with van der Waals surface area (Å²) < 4.78 is 20.6. The summed E-state index contributed by atoms with van der Waals surface area (Å²) in [6.45, 7) is 5.30. The molecule has 8 nitrogen and oxygen atoms in total. The van der Waals surface area contributed by atoms with Crippen molar-refractivity contribution in [1.29, 1.82) is 0 Å². The highest BCUT2D eigenvalue weighted by molar-refractivity contribution is 5.98. The van der Waals surface area contributed by atoms with Crippen molar-refractivity contribution in [3.63, 3.8) is 0 Å². The molecule has 0 spiro atoms. The van der Waals surface area contributed by atoms with E-state index >= 15 is 0 Å². The van der Waals surface area contributed by atoms with Gasteiger partial charge in [-0.25, -0.2) is 9.37 Å². The van der Waals surface area contributed by atoms with E-state index in [0.29, 0.717) is 23.5 Å². The third-order valence-corrected chi connectivity index (χ3v) is 7.46. The number of ether oxygens (including phenoxy) is 1. The lowest BCUT2D eigenvalue weighted by Gasteiger charge is -2.40. The maximum Gasteiger partial charge on any atom is 0.261 e. The molecule has 2 unspecified atom stereocenters. The molecular formula is C30H31FN6O2. The van der Waals surface area contributed by atoms with Crippen LogP contribution in [0.5, 0.6) is 0 Å². The highest BCUT2D eigenvalue weighted by atomic mass is 19.1. The van der Waals surface area contributed by atoms with Gasteiger partial charge in [-0.1, -0.05) is 36.4 Å². The fraction of sp³-hybridized carbons (Fsp3) is 0.267. The second-order valence-corrected chi connectivity index (χ2v) is 10.3. The molecule has 1 aliphatic heterocycles. The Morgan fingerprint density at radius 3 is 2.74 bits per heavy atom. The first-order chi connectivity index (χ1) is 18.9. The van der Waals surface area contributed by atoms with E-state index in [1.54, 1.807) is 6.07 Å². The number of pyridine rings is 1. The number of aromatic nitrogens is 3. The topological polar surface area (TPSA) is 103 Å². The van der Waals surface area contributed by atoms with Gasteiger partial charge in [-0.05, 0) is 42.8 Å². The summed E-state index contributed by atoms with van der Waals surface area (Å²) in [5.41, 5.74) is 10.1. The summed E-state index contributed by atoms with van der Waals surface area (Å²) in [6, 6.07) is 21.1. The van der Waals surface area contributed by atoms with E-state index in [1.807, 2.05) is 24.3 Å². The molecule has 0 radical (unpaired) electrons. The molecule has 0 saturated carbocycles. The number of hydrogen-bond acceptors (Lipinski definition) is 6. The number of aromatic amines is 2. The molecule has 3 heterocycles. The monoisotopic (exact) mass is 526 g/mol. The molecule has 0 bridgehead atoms. The Labute approximate surface area is 225 Å². The molecule has 4 N–H and O–H groups in total. The number of fused-ring (bicyclic) bond motifs is 2. The summed E-state index contributed by atoms with van der Waals surface area (Å²) in [5, 5.41) is 0.178. The van der Waals surface area contributed by atoms with Gasteiger partial charge in [0.05, 0.1) is 46.4 Å². The molecule has 0 aliphatic carbocycles. The molecule has 2 aromatic heterocycles. The smallest absolute Gasteiger partial charge is 0.261 e. The molecule has 5 aromatic rings. The lowest BCUT2D eigenvalue weighted by Crippen LogP contribution is -2.52. The van der Waals surface area contributed by atoms with Gasteiger partial charge in [-0.2, -0.15) is 0 Å². The summed E-state index contributed by atoms with van der Waals surface area (Å²) in [5.74, 6) is -0.192. The molecule has 1 fully saturated rings. The second kappa shape index (κ2) is 10.2. The molecule has 9 heteroatoms. The van der Waals surface area contributed by atoms with Gasteiger partial charge in [-0.15, -0.1) is 0 Å². The molecule has 3 aromatic carbocycles. The number of halogens is 1. The van der Waals surface area contributed by atoms with E-state index in [1.165, 1.54) is 17.7 Å². The van der Waals surface area contributed by atoms with Crippen LogP contribution in [0, 0.1) is 5.82 Å². The molecule has 1 saturated heterocycles. The maximum atomic E-state index is 14.5. The van der Waals surface area contributed by atoms with Gasteiger partial charge in [-0.3, -0.25) is 9.69 Å². The van der Waals surface area contributed by atoms with Gasteiger partial charge in [0.15, 0.2) is 0 Å². The quantitative estimate of drug-likeness (QED) is 0.301. The van der Waals surface area contributed by atoms with Crippen LogP contribution in [0.4, 0.5) is 15.8 Å². The number of nitrogens with one attached hydrogen (secondary N) is 2. The molecule has 1 aliphatic rings. The Balaban J connectivity index is 1.27. The van der Waals surface area contributed by atoms with Crippen LogP contribution in [0.25, 0.3) is 33.3 Å². The van der Waals surface area contributed by atoms with Crippen LogP contribution in [0.1, 0.15) is 12.5 Å². The van der Waals surface area contributed by atoms with Gasteiger partial charge >= 0.3 is 0 Å². The van der Waals surface area contributed by atoms with Crippen LogP contribution < -0.4 is 16.2 Å². The number of hydrogen-bond donors (Lipinski definition) is 3. The lowest BCUT2D eigenvalue weighted by atomic mass is 10.1. The third kappa shape index (κ3) is 4.86. The molecular weight excluding hydrogens is 495 g/mol. The zero-order chi connectivity index (χ0) is 27.1. The van der Waals surface area contributed by atoms with Crippen LogP contribution in [-0.2, 0) is 11.3 Å². The molecule has 2 atom stereocenters. The summed E-state index contributed by atoms with van der Waals surface area (Å²) in [6.07, 6.45) is 0.189. The fourth-order valence-corrected chi connectivity index (χ4v) is 5.44. The Morgan fingerprint density at radius 1 is 1.10 bits per heavy atom. The van der Waals surface area contributed by atoms with Gasteiger partial charge in [0.2, 0.25) is 0 Å². The van der Waals surface area contributed by atoms with Crippen molar-refractivity contribution >= 4 is 33.3 Å².